The van der Waals surface area contributed by atoms with Crippen LogP contribution in [0, 0.1) is 6.92 Å². The van der Waals surface area contributed by atoms with Gasteiger partial charge in [-0.25, -0.2) is 4.79 Å². The van der Waals surface area contributed by atoms with Gasteiger partial charge in [0.05, 0.1) is 5.56 Å². The second-order valence-corrected chi connectivity index (χ2v) is 5.36. The maximum absolute atomic E-state index is 12.3. The van der Waals surface area contributed by atoms with E-state index in [9.17, 15) is 14.4 Å². The van der Waals surface area contributed by atoms with Crippen molar-refractivity contribution in [1.82, 2.24) is 0 Å². The summed E-state index contributed by atoms with van der Waals surface area (Å²) in [5.41, 5.74) is 2.05. The van der Waals surface area contributed by atoms with Crippen molar-refractivity contribution in [2.75, 3.05) is 10.6 Å². The molecule has 2 aromatic rings. The van der Waals surface area contributed by atoms with Gasteiger partial charge in [0, 0.05) is 25.2 Å². The predicted octanol–water partition coefficient (Wildman–Crippen LogP) is 3.13. The summed E-state index contributed by atoms with van der Waals surface area (Å²) in [5.74, 6) is -0.741. The Morgan fingerprint density at radius 3 is 1.79 bits per heavy atom. The zero-order chi connectivity index (χ0) is 17.7. The van der Waals surface area contributed by atoms with Crippen LogP contribution in [0.25, 0.3) is 0 Å². The molecule has 2 aromatic carbocycles. The molecule has 0 bridgehead atoms. The van der Waals surface area contributed by atoms with Crippen molar-refractivity contribution in [2.45, 2.75) is 20.8 Å². The van der Waals surface area contributed by atoms with Crippen molar-refractivity contribution in [1.29, 1.82) is 0 Å². The van der Waals surface area contributed by atoms with E-state index < -0.39 is 5.97 Å². The lowest BCUT2D eigenvalue weighted by Crippen LogP contribution is -2.13. The number of rotatable bonds is 4. The van der Waals surface area contributed by atoms with Gasteiger partial charge in [-0.05, 0) is 37.3 Å². The summed E-state index contributed by atoms with van der Waals surface area (Å²) < 4.78 is 5.31. The van der Waals surface area contributed by atoms with Crippen LogP contribution in [0.15, 0.2) is 42.5 Å². The lowest BCUT2D eigenvalue weighted by atomic mass is 10.1. The SMILES string of the molecule is CC(=O)Nc1cc(NC(C)=O)cc(C(=O)Oc2ccc(C)cc2)c1. The Bertz CT molecular complexity index is 748. The molecule has 0 unspecified atom stereocenters. The minimum atomic E-state index is -0.586. The van der Waals surface area contributed by atoms with E-state index in [1.54, 1.807) is 18.2 Å². The van der Waals surface area contributed by atoms with Gasteiger partial charge in [-0.1, -0.05) is 17.7 Å². The van der Waals surface area contributed by atoms with Crippen molar-refractivity contribution in [3.05, 3.63) is 53.6 Å². The molecule has 0 saturated carbocycles. The summed E-state index contributed by atoms with van der Waals surface area (Å²) >= 11 is 0. The maximum Gasteiger partial charge on any atom is 0.343 e. The van der Waals surface area contributed by atoms with Gasteiger partial charge in [-0.2, -0.15) is 0 Å². The molecule has 0 radical (unpaired) electrons. The van der Waals surface area contributed by atoms with Crippen LogP contribution in [0.4, 0.5) is 11.4 Å². The monoisotopic (exact) mass is 326 g/mol. The van der Waals surface area contributed by atoms with Gasteiger partial charge in [0.25, 0.3) is 0 Å². The van der Waals surface area contributed by atoms with Crippen molar-refractivity contribution < 1.29 is 19.1 Å². The Balaban J connectivity index is 2.28. The topological polar surface area (TPSA) is 84.5 Å². The van der Waals surface area contributed by atoms with E-state index in [0.717, 1.165) is 5.56 Å². The summed E-state index contributed by atoms with van der Waals surface area (Å²) in [6, 6.07) is 11.6. The number of carbonyl (C=O) groups is 3. The van der Waals surface area contributed by atoms with Crippen molar-refractivity contribution in [3.63, 3.8) is 0 Å². The van der Waals surface area contributed by atoms with Gasteiger partial charge in [0.1, 0.15) is 5.75 Å². The Hall–Kier alpha value is -3.15. The minimum Gasteiger partial charge on any atom is -0.423 e. The second-order valence-electron chi connectivity index (χ2n) is 5.36. The molecule has 6 nitrogen and oxygen atoms in total. The molecular weight excluding hydrogens is 308 g/mol. The fourth-order valence-corrected chi connectivity index (χ4v) is 2.07. The molecule has 2 amide bonds. The number of aryl methyl sites for hydroxylation is 1. The molecule has 0 aromatic heterocycles. The number of esters is 1. The van der Waals surface area contributed by atoms with Crippen LogP contribution < -0.4 is 15.4 Å². The summed E-state index contributed by atoms with van der Waals surface area (Å²) in [6.07, 6.45) is 0. The van der Waals surface area contributed by atoms with Crippen LogP contribution in [-0.4, -0.2) is 17.8 Å². The number of hydrogen-bond acceptors (Lipinski definition) is 4. The third kappa shape index (κ3) is 4.95. The fourth-order valence-electron chi connectivity index (χ4n) is 2.07. The number of amides is 2. The number of anilines is 2. The quantitative estimate of drug-likeness (QED) is 0.668. The molecule has 2 rings (SSSR count). The zero-order valence-electron chi connectivity index (χ0n) is 13.7. The molecule has 2 N–H and O–H groups in total. The van der Waals surface area contributed by atoms with E-state index >= 15 is 0 Å². The van der Waals surface area contributed by atoms with Crippen LogP contribution in [0.5, 0.6) is 5.75 Å². The summed E-state index contributed by atoms with van der Waals surface area (Å²) in [6.45, 7) is 4.65. The fraction of sp³-hybridized carbons (Fsp3) is 0.167. The largest absolute Gasteiger partial charge is 0.423 e. The number of carbonyl (C=O) groups excluding carboxylic acids is 3. The molecule has 0 aliphatic heterocycles. The van der Waals surface area contributed by atoms with Crippen molar-refractivity contribution >= 4 is 29.2 Å². The van der Waals surface area contributed by atoms with E-state index in [0.29, 0.717) is 17.1 Å². The third-order valence-corrected chi connectivity index (χ3v) is 3.04. The molecule has 6 heteroatoms. The number of nitrogens with one attached hydrogen (secondary N) is 2. The third-order valence-electron chi connectivity index (χ3n) is 3.04. The normalized spacial score (nSPS) is 9.96. The first-order valence-electron chi connectivity index (χ1n) is 7.32. The highest BCUT2D eigenvalue weighted by Crippen LogP contribution is 2.21. The van der Waals surface area contributed by atoms with Gasteiger partial charge in [-0.15, -0.1) is 0 Å². The van der Waals surface area contributed by atoms with Crippen molar-refractivity contribution in [2.24, 2.45) is 0 Å². The van der Waals surface area contributed by atoms with Gasteiger partial charge >= 0.3 is 5.97 Å². The van der Waals surface area contributed by atoms with E-state index in [1.807, 2.05) is 19.1 Å². The van der Waals surface area contributed by atoms with Crippen LogP contribution in [0.2, 0.25) is 0 Å². The van der Waals surface area contributed by atoms with E-state index in [4.69, 9.17) is 4.74 Å². The van der Waals surface area contributed by atoms with E-state index in [2.05, 4.69) is 10.6 Å². The van der Waals surface area contributed by atoms with Crippen molar-refractivity contribution in [3.8, 4) is 5.75 Å². The maximum atomic E-state index is 12.3. The summed E-state index contributed by atoms with van der Waals surface area (Å²) in [5, 5.41) is 5.17. The molecule has 24 heavy (non-hydrogen) atoms. The van der Waals surface area contributed by atoms with E-state index in [-0.39, 0.29) is 17.4 Å². The summed E-state index contributed by atoms with van der Waals surface area (Å²) in [4.78, 5) is 34.8. The van der Waals surface area contributed by atoms with Gasteiger partial charge < -0.3 is 15.4 Å². The molecule has 0 heterocycles. The molecule has 0 aliphatic carbocycles. The highest BCUT2D eigenvalue weighted by molar-refractivity contribution is 5.98. The number of hydrogen-bond donors (Lipinski definition) is 2. The van der Waals surface area contributed by atoms with Crippen LogP contribution in [0.3, 0.4) is 0 Å². The molecule has 0 spiro atoms. The lowest BCUT2D eigenvalue weighted by Gasteiger charge is -2.10. The van der Waals surface area contributed by atoms with Crippen LogP contribution >= 0.6 is 0 Å². The number of benzene rings is 2. The smallest absolute Gasteiger partial charge is 0.343 e. The van der Waals surface area contributed by atoms with Gasteiger partial charge in [-0.3, -0.25) is 9.59 Å². The molecule has 0 fully saturated rings. The highest BCUT2D eigenvalue weighted by atomic mass is 16.5. The lowest BCUT2D eigenvalue weighted by molar-refractivity contribution is -0.115. The Morgan fingerprint density at radius 2 is 1.33 bits per heavy atom. The molecule has 0 aliphatic rings. The minimum absolute atomic E-state index is 0.213. The molecule has 0 atom stereocenters. The first kappa shape index (κ1) is 17.2. The summed E-state index contributed by atoms with van der Waals surface area (Å²) in [7, 11) is 0. The predicted molar refractivity (Wildman–Crippen MR) is 91.2 cm³/mol. The highest BCUT2D eigenvalue weighted by Gasteiger charge is 2.13. The zero-order valence-corrected chi connectivity index (χ0v) is 13.7. The average molecular weight is 326 g/mol. The number of ether oxygens (including phenoxy) is 1. The average Bonchev–Trinajstić information content (AvgIpc) is 2.48. The first-order valence-corrected chi connectivity index (χ1v) is 7.32. The van der Waals surface area contributed by atoms with E-state index in [1.165, 1.54) is 26.0 Å². The van der Waals surface area contributed by atoms with Crippen LogP contribution in [-0.2, 0) is 9.59 Å². The molecular formula is C18H18N2O4. The van der Waals surface area contributed by atoms with Crippen LogP contribution in [0.1, 0.15) is 29.8 Å². The second kappa shape index (κ2) is 7.41. The standard InChI is InChI=1S/C18H18N2O4/c1-11-4-6-17(7-5-11)24-18(23)14-8-15(19-12(2)21)10-16(9-14)20-13(3)22/h4-10H,1-3H3,(H,19,21)(H,20,22). The van der Waals surface area contributed by atoms with Gasteiger partial charge in [0.15, 0.2) is 0 Å². The Kier molecular flexibility index (Phi) is 5.31. The Morgan fingerprint density at radius 1 is 0.833 bits per heavy atom. The first-order chi connectivity index (χ1) is 11.3. The molecule has 0 saturated heterocycles. The van der Waals surface area contributed by atoms with Gasteiger partial charge in [0.2, 0.25) is 11.8 Å². The Labute approximate surface area is 139 Å². The molecule has 124 valence electrons.